The van der Waals surface area contributed by atoms with Crippen LogP contribution in [0.15, 0.2) is 36.4 Å². The number of hydrogen-bond donors (Lipinski definition) is 1. The van der Waals surface area contributed by atoms with E-state index in [1.165, 1.54) is 19.2 Å². The molecule has 0 atom stereocenters. The second-order valence-corrected chi connectivity index (χ2v) is 6.54. The number of esters is 1. The molecule has 5 nitrogen and oxygen atoms in total. The third-order valence-corrected chi connectivity index (χ3v) is 4.71. The maximum atomic E-state index is 14.5. The molecule has 0 unspecified atom stereocenters. The lowest BCUT2D eigenvalue weighted by atomic mass is 9.89. The number of hydrogen-bond acceptors (Lipinski definition) is 4. The monoisotopic (exact) mass is 392 g/mol. The summed E-state index contributed by atoms with van der Waals surface area (Å²) >= 11 is 0. The summed E-state index contributed by atoms with van der Waals surface area (Å²) in [7, 11) is 1.18. The smallest absolute Gasteiger partial charge is 0.340 e. The number of nitrogens with one attached hydrogen (secondary N) is 1. The third kappa shape index (κ3) is 4.17. The first kappa shape index (κ1) is 19.9. The lowest BCUT2D eigenvalue weighted by Crippen LogP contribution is -2.51. The van der Waals surface area contributed by atoms with E-state index >= 15 is 0 Å². The highest BCUT2D eigenvalue weighted by molar-refractivity contribution is 5.90. The van der Waals surface area contributed by atoms with Crippen LogP contribution < -0.4 is 5.32 Å². The van der Waals surface area contributed by atoms with Crippen LogP contribution in [0.2, 0.25) is 0 Å². The number of amides is 1. The average molecular weight is 392 g/mol. The van der Waals surface area contributed by atoms with Crippen molar-refractivity contribution in [3.05, 3.63) is 70.5 Å². The van der Waals surface area contributed by atoms with E-state index in [0.717, 1.165) is 12.1 Å². The van der Waals surface area contributed by atoms with Crippen molar-refractivity contribution in [3.63, 3.8) is 0 Å². The molecular formula is C20H19F3N2O3. The molecule has 0 saturated carbocycles. The summed E-state index contributed by atoms with van der Waals surface area (Å²) in [5.74, 6) is -3.12. The van der Waals surface area contributed by atoms with E-state index in [4.69, 9.17) is 0 Å². The average Bonchev–Trinajstić information content (AvgIpc) is 2.63. The summed E-state index contributed by atoms with van der Waals surface area (Å²) in [6, 6.07) is 7.77. The number of methoxy groups -OCH3 is 1. The molecule has 0 aromatic heterocycles. The zero-order chi connectivity index (χ0) is 20.3. The summed E-state index contributed by atoms with van der Waals surface area (Å²) < 4.78 is 45.5. The number of benzene rings is 2. The van der Waals surface area contributed by atoms with Crippen molar-refractivity contribution in [1.29, 1.82) is 0 Å². The Hall–Kier alpha value is -2.87. The topological polar surface area (TPSA) is 58.6 Å². The van der Waals surface area contributed by atoms with Crippen molar-refractivity contribution in [1.82, 2.24) is 10.2 Å². The molecule has 1 heterocycles. The molecule has 1 N–H and O–H groups in total. The molecular weight excluding hydrogens is 373 g/mol. The van der Waals surface area contributed by atoms with Gasteiger partial charge in [-0.05, 0) is 17.7 Å². The van der Waals surface area contributed by atoms with Gasteiger partial charge in [-0.25, -0.2) is 18.0 Å². The van der Waals surface area contributed by atoms with Crippen molar-refractivity contribution >= 4 is 11.9 Å². The number of ether oxygens (including phenoxy) is 1. The van der Waals surface area contributed by atoms with Gasteiger partial charge in [0.1, 0.15) is 17.5 Å². The Morgan fingerprint density at radius 2 is 1.93 bits per heavy atom. The molecule has 2 aromatic rings. The van der Waals surface area contributed by atoms with E-state index in [1.807, 2.05) is 0 Å². The minimum Gasteiger partial charge on any atom is -0.465 e. The van der Waals surface area contributed by atoms with E-state index in [9.17, 15) is 22.8 Å². The fourth-order valence-electron chi connectivity index (χ4n) is 3.09. The van der Waals surface area contributed by atoms with Crippen LogP contribution in [0, 0.1) is 17.5 Å². The van der Waals surface area contributed by atoms with Crippen LogP contribution in [0.4, 0.5) is 13.2 Å². The van der Waals surface area contributed by atoms with Crippen molar-refractivity contribution < 1.29 is 27.5 Å². The maximum absolute atomic E-state index is 14.5. The van der Waals surface area contributed by atoms with Gasteiger partial charge in [-0.3, -0.25) is 4.79 Å². The lowest BCUT2D eigenvalue weighted by Gasteiger charge is -2.40. The maximum Gasteiger partial charge on any atom is 0.340 e. The molecule has 3 rings (SSSR count). The number of likely N-dealkylation sites (tertiary alicyclic amines) is 1. The van der Waals surface area contributed by atoms with Gasteiger partial charge in [0.15, 0.2) is 0 Å². The molecule has 8 heteroatoms. The molecule has 1 aliphatic rings. The van der Waals surface area contributed by atoms with Crippen LogP contribution in [0.5, 0.6) is 0 Å². The standard InChI is InChI=1S/C20H19F3N2O3/c1-28-20(27)16-4-2-3-15(19(16)23)13-10-25(11-13)18(26)9-24-8-12-5-6-14(21)7-17(12)22/h2-7,13,24H,8-11H2,1H3. The number of halogens is 3. The first-order valence-electron chi connectivity index (χ1n) is 8.70. The van der Waals surface area contributed by atoms with Gasteiger partial charge in [0, 0.05) is 37.2 Å². The highest BCUT2D eigenvalue weighted by atomic mass is 19.1. The van der Waals surface area contributed by atoms with E-state index in [-0.39, 0.29) is 36.0 Å². The van der Waals surface area contributed by atoms with Crippen LogP contribution >= 0.6 is 0 Å². The first-order valence-corrected chi connectivity index (χ1v) is 8.70. The number of rotatable bonds is 6. The molecule has 1 saturated heterocycles. The Bertz CT molecular complexity index is 898. The fraction of sp³-hybridized carbons (Fsp3) is 0.300. The Balaban J connectivity index is 1.51. The van der Waals surface area contributed by atoms with Crippen LogP contribution in [0.25, 0.3) is 0 Å². The summed E-state index contributed by atoms with van der Waals surface area (Å²) in [5, 5.41) is 2.82. The van der Waals surface area contributed by atoms with Crippen LogP contribution in [0.1, 0.15) is 27.4 Å². The number of nitrogens with zero attached hydrogens (tertiary/aromatic N) is 1. The molecule has 0 bridgehead atoms. The Labute approximate surface area is 160 Å². The highest BCUT2D eigenvalue weighted by Crippen LogP contribution is 2.30. The Morgan fingerprint density at radius 3 is 2.61 bits per heavy atom. The predicted molar refractivity (Wildman–Crippen MR) is 95.1 cm³/mol. The largest absolute Gasteiger partial charge is 0.465 e. The summed E-state index contributed by atoms with van der Waals surface area (Å²) in [6.07, 6.45) is 0. The van der Waals surface area contributed by atoms with E-state index in [1.54, 1.807) is 17.0 Å². The van der Waals surface area contributed by atoms with Gasteiger partial charge in [0.25, 0.3) is 0 Å². The Kier molecular flexibility index (Phi) is 5.99. The molecule has 1 amide bonds. The minimum absolute atomic E-state index is 0.0196. The highest BCUT2D eigenvalue weighted by Gasteiger charge is 2.34. The normalized spacial score (nSPS) is 13.9. The van der Waals surface area contributed by atoms with Gasteiger partial charge in [-0.15, -0.1) is 0 Å². The summed E-state index contributed by atoms with van der Waals surface area (Å²) in [6.45, 7) is 0.721. The van der Waals surface area contributed by atoms with Gasteiger partial charge in [0.05, 0.1) is 19.2 Å². The van der Waals surface area contributed by atoms with Crippen molar-refractivity contribution in [2.45, 2.75) is 12.5 Å². The molecule has 0 spiro atoms. The minimum atomic E-state index is -0.746. The fourth-order valence-corrected chi connectivity index (χ4v) is 3.09. The molecule has 148 valence electrons. The van der Waals surface area contributed by atoms with Crippen molar-refractivity contribution in [2.24, 2.45) is 0 Å². The number of carbonyl (C=O) groups excluding carboxylic acids is 2. The van der Waals surface area contributed by atoms with E-state index in [0.29, 0.717) is 18.7 Å². The molecule has 1 fully saturated rings. The van der Waals surface area contributed by atoms with Gasteiger partial charge >= 0.3 is 5.97 Å². The van der Waals surface area contributed by atoms with E-state index < -0.39 is 23.4 Å². The van der Waals surface area contributed by atoms with Gasteiger partial charge in [-0.2, -0.15) is 0 Å². The second kappa shape index (κ2) is 8.43. The second-order valence-electron chi connectivity index (χ2n) is 6.54. The van der Waals surface area contributed by atoms with Gasteiger partial charge in [-0.1, -0.05) is 18.2 Å². The van der Waals surface area contributed by atoms with Crippen molar-refractivity contribution in [2.75, 3.05) is 26.7 Å². The van der Waals surface area contributed by atoms with Gasteiger partial charge < -0.3 is 15.0 Å². The summed E-state index contributed by atoms with van der Waals surface area (Å²) in [4.78, 5) is 25.3. The van der Waals surface area contributed by atoms with Crippen LogP contribution in [0.3, 0.4) is 0 Å². The van der Waals surface area contributed by atoms with Gasteiger partial charge in [0.2, 0.25) is 5.91 Å². The van der Waals surface area contributed by atoms with Crippen LogP contribution in [-0.2, 0) is 16.1 Å². The molecule has 0 radical (unpaired) electrons. The van der Waals surface area contributed by atoms with Crippen LogP contribution in [-0.4, -0.2) is 43.5 Å². The Morgan fingerprint density at radius 1 is 1.18 bits per heavy atom. The zero-order valence-electron chi connectivity index (χ0n) is 15.2. The first-order chi connectivity index (χ1) is 13.4. The predicted octanol–water partition coefficient (Wildman–Crippen LogP) is 2.61. The molecule has 28 heavy (non-hydrogen) atoms. The molecule has 1 aliphatic heterocycles. The third-order valence-electron chi connectivity index (χ3n) is 4.71. The molecule has 2 aromatic carbocycles. The lowest BCUT2D eigenvalue weighted by molar-refractivity contribution is -0.134. The summed E-state index contributed by atoms with van der Waals surface area (Å²) in [5.41, 5.74) is 0.499. The zero-order valence-corrected chi connectivity index (χ0v) is 15.2. The molecule has 0 aliphatic carbocycles. The van der Waals surface area contributed by atoms with Crippen molar-refractivity contribution in [3.8, 4) is 0 Å². The quantitative estimate of drug-likeness (QED) is 0.768. The SMILES string of the molecule is COC(=O)c1cccc(C2CN(C(=O)CNCc3ccc(F)cc3F)C2)c1F. The van der Waals surface area contributed by atoms with E-state index in [2.05, 4.69) is 10.1 Å². The number of carbonyl (C=O) groups is 2.